The number of hydrogen-bond acceptors (Lipinski definition) is 3. The van der Waals surface area contributed by atoms with Crippen molar-refractivity contribution in [2.75, 3.05) is 6.54 Å². The number of amides is 2. The zero-order valence-electron chi connectivity index (χ0n) is 11.6. The number of carbonyl (C=O) groups is 2. The number of hydrogen-bond donors (Lipinski definition) is 4. The zero-order chi connectivity index (χ0) is 14.8. The van der Waals surface area contributed by atoms with E-state index in [0.717, 1.165) is 16.5 Å². The Kier molecular flexibility index (Phi) is 3.62. The fourth-order valence-corrected chi connectivity index (χ4v) is 2.65. The van der Waals surface area contributed by atoms with Gasteiger partial charge in [-0.05, 0) is 18.1 Å². The number of H-pyrrole nitrogens is 1. The third-order valence-electron chi connectivity index (χ3n) is 3.78. The van der Waals surface area contributed by atoms with Crippen LogP contribution in [0.2, 0.25) is 0 Å². The molecule has 2 atom stereocenters. The van der Waals surface area contributed by atoms with Gasteiger partial charge in [0, 0.05) is 30.1 Å². The normalized spacial score (nSPS) is 19.5. The summed E-state index contributed by atoms with van der Waals surface area (Å²) in [6.07, 6.45) is 2.67. The Balaban J connectivity index is 1.64. The van der Waals surface area contributed by atoms with Crippen LogP contribution in [0, 0.1) is 0 Å². The summed E-state index contributed by atoms with van der Waals surface area (Å²) < 4.78 is 0. The van der Waals surface area contributed by atoms with E-state index in [-0.39, 0.29) is 17.9 Å². The first-order chi connectivity index (χ1) is 10.1. The lowest BCUT2D eigenvalue weighted by Gasteiger charge is -2.15. The number of fused-ring (bicyclic) bond motifs is 1. The van der Waals surface area contributed by atoms with Crippen LogP contribution in [0.4, 0.5) is 0 Å². The Morgan fingerprint density at radius 3 is 3.00 bits per heavy atom. The second kappa shape index (κ2) is 5.57. The largest absolute Gasteiger partial charge is 0.361 e. The molecule has 1 aromatic carbocycles. The van der Waals surface area contributed by atoms with E-state index in [0.29, 0.717) is 19.4 Å². The van der Waals surface area contributed by atoms with Crippen molar-refractivity contribution in [3.8, 4) is 0 Å². The molecular formula is C15H18N4O2. The van der Waals surface area contributed by atoms with E-state index in [9.17, 15) is 9.59 Å². The van der Waals surface area contributed by atoms with Crippen molar-refractivity contribution < 1.29 is 9.59 Å². The van der Waals surface area contributed by atoms with Gasteiger partial charge in [-0.3, -0.25) is 9.59 Å². The Hall–Kier alpha value is -2.34. The molecule has 2 aromatic rings. The average Bonchev–Trinajstić information content (AvgIpc) is 3.06. The number of benzene rings is 1. The molecule has 110 valence electrons. The maximum Gasteiger partial charge on any atom is 0.237 e. The summed E-state index contributed by atoms with van der Waals surface area (Å²) >= 11 is 0. The maximum atomic E-state index is 12.1. The van der Waals surface area contributed by atoms with E-state index >= 15 is 0 Å². The molecular weight excluding hydrogens is 268 g/mol. The average molecular weight is 286 g/mol. The molecule has 0 aliphatic carbocycles. The monoisotopic (exact) mass is 286 g/mol. The third-order valence-corrected chi connectivity index (χ3v) is 3.78. The molecule has 21 heavy (non-hydrogen) atoms. The van der Waals surface area contributed by atoms with Gasteiger partial charge in [-0.2, -0.15) is 0 Å². The van der Waals surface area contributed by atoms with Gasteiger partial charge in [0.1, 0.15) is 0 Å². The summed E-state index contributed by atoms with van der Waals surface area (Å²) in [6, 6.07) is 7.13. The van der Waals surface area contributed by atoms with Gasteiger partial charge in [0.15, 0.2) is 0 Å². The number of rotatable bonds is 4. The molecule has 0 spiro atoms. The summed E-state index contributed by atoms with van der Waals surface area (Å²) in [6.45, 7) is 0.477. The van der Waals surface area contributed by atoms with Crippen LogP contribution in [-0.4, -0.2) is 35.4 Å². The first kappa shape index (κ1) is 13.6. The minimum absolute atomic E-state index is 0.0366. The molecule has 0 radical (unpaired) electrons. The first-order valence-electron chi connectivity index (χ1n) is 7.01. The molecule has 1 unspecified atom stereocenters. The van der Waals surface area contributed by atoms with Crippen LogP contribution in [0.3, 0.4) is 0 Å². The van der Waals surface area contributed by atoms with Gasteiger partial charge in [-0.15, -0.1) is 0 Å². The zero-order valence-corrected chi connectivity index (χ0v) is 11.6. The number of carbonyl (C=O) groups excluding carboxylic acids is 2. The van der Waals surface area contributed by atoms with Crippen LogP contribution < -0.4 is 16.4 Å². The van der Waals surface area contributed by atoms with Crippen molar-refractivity contribution in [2.45, 2.75) is 24.9 Å². The van der Waals surface area contributed by atoms with E-state index in [1.165, 1.54) is 0 Å². The highest BCUT2D eigenvalue weighted by Crippen LogP contribution is 2.18. The molecule has 0 bridgehead atoms. The second-order valence-corrected chi connectivity index (χ2v) is 5.38. The van der Waals surface area contributed by atoms with Gasteiger partial charge in [-0.25, -0.2) is 0 Å². The molecule has 1 aliphatic heterocycles. The van der Waals surface area contributed by atoms with Gasteiger partial charge < -0.3 is 21.4 Å². The van der Waals surface area contributed by atoms with Crippen LogP contribution >= 0.6 is 0 Å². The number of aromatic amines is 1. The maximum absolute atomic E-state index is 12.1. The molecule has 1 aliphatic rings. The highest BCUT2D eigenvalue weighted by Gasteiger charge is 2.25. The Labute approximate surface area is 122 Å². The summed E-state index contributed by atoms with van der Waals surface area (Å²) in [5.74, 6) is -0.257. The third kappa shape index (κ3) is 2.90. The molecule has 3 rings (SSSR count). The van der Waals surface area contributed by atoms with E-state index in [1.807, 2.05) is 30.5 Å². The number of nitrogens with two attached hydrogens (primary N) is 1. The fourth-order valence-electron chi connectivity index (χ4n) is 2.65. The summed E-state index contributed by atoms with van der Waals surface area (Å²) in [4.78, 5) is 26.4. The number of aromatic nitrogens is 1. The molecule has 6 nitrogen and oxygen atoms in total. The van der Waals surface area contributed by atoms with Crippen LogP contribution in [0.15, 0.2) is 30.5 Å². The smallest absolute Gasteiger partial charge is 0.237 e. The minimum atomic E-state index is -0.625. The highest BCUT2D eigenvalue weighted by atomic mass is 16.2. The van der Waals surface area contributed by atoms with Gasteiger partial charge in [-0.1, -0.05) is 18.2 Å². The lowest BCUT2D eigenvalue weighted by atomic mass is 10.0. The van der Waals surface area contributed by atoms with E-state index < -0.39 is 6.04 Å². The molecule has 6 heteroatoms. The molecule has 5 N–H and O–H groups in total. The SMILES string of the molecule is N[C@H](Cc1c[nH]c2ccccc12)C(=O)NC1CNC(=O)C1. The summed E-state index contributed by atoms with van der Waals surface area (Å²) in [5.41, 5.74) is 8.04. The van der Waals surface area contributed by atoms with Crippen molar-refractivity contribution >= 4 is 22.7 Å². The van der Waals surface area contributed by atoms with Gasteiger partial charge in [0.2, 0.25) is 11.8 Å². The lowest BCUT2D eigenvalue weighted by Crippen LogP contribution is -2.47. The molecule has 1 aromatic heterocycles. The Bertz CT molecular complexity index is 679. The molecule has 1 saturated heterocycles. The van der Waals surface area contributed by atoms with Gasteiger partial charge >= 0.3 is 0 Å². The highest BCUT2D eigenvalue weighted by molar-refractivity contribution is 5.87. The summed E-state index contributed by atoms with van der Waals surface area (Å²) in [7, 11) is 0. The van der Waals surface area contributed by atoms with E-state index in [1.54, 1.807) is 0 Å². The fraction of sp³-hybridized carbons (Fsp3) is 0.333. The van der Waals surface area contributed by atoms with Crippen molar-refractivity contribution in [1.29, 1.82) is 0 Å². The van der Waals surface area contributed by atoms with Crippen molar-refractivity contribution in [1.82, 2.24) is 15.6 Å². The molecule has 2 heterocycles. The van der Waals surface area contributed by atoms with Crippen LogP contribution in [0.5, 0.6) is 0 Å². The van der Waals surface area contributed by atoms with Crippen molar-refractivity contribution in [3.63, 3.8) is 0 Å². The Morgan fingerprint density at radius 2 is 2.24 bits per heavy atom. The lowest BCUT2D eigenvalue weighted by molar-refractivity contribution is -0.123. The van der Waals surface area contributed by atoms with Crippen LogP contribution in [0.25, 0.3) is 10.9 Å². The number of para-hydroxylation sites is 1. The predicted octanol–water partition coefficient (Wildman–Crippen LogP) is 0.0424. The van der Waals surface area contributed by atoms with E-state index in [2.05, 4.69) is 15.6 Å². The van der Waals surface area contributed by atoms with Crippen LogP contribution in [-0.2, 0) is 16.0 Å². The quantitative estimate of drug-likeness (QED) is 0.638. The van der Waals surface area contributed by atoms with Gasteiger partial charge in [0.05, 0.1) is 12.1 Å². The minimum Gasteiger partial charge on any atom is -0.361 e. The summed E-state index contributed by atoms with van der Waals surface area (Å²) in [5, 5.41) is 6.58. The molecule has 2 amide bonds. The predicted molar refractivity (Wildman–Crippen MR) is 79.5 cm³/mol. The standard InChI is InChI=1S/C15H18N4O2/c16-12(15(21)19-10-6-14(20)18-8-10)5-9-7-17-13-4-2-1-3-11(9)13/h1-4,7,10,12,17H,5-6,8,16H2,(H,18,20)(H,19,21)/t10?,12-/m1/s1. The van der Waals surface area contributed by atoms with E-state index in [4.69, 9.17) is 5.73 Å². The van der Waals surface area contributed by atoms with Gasteiger partial charge in [0.25, 0.3) is 0 Å². The van der Waals surface area contributed by atoms with Crippen molar-refractivity contribution in [3.05, 3.63) is 36.0 Å². The first-order valence-corrected chi connectivity index (χ1v) is 7.01. The molecule has 0 saturated carbocycles. The molecule has 1 fully saturated rings. The van der Waals surface area contributed by atoms with Crippen molar-refractivity contribution in [2.24, 2.45) is 5.73 Å². The Morgan fingerprint density at radius 1 is 1.43 bits per heavy atom. The number of nitrogens with one attached hydrogen (secondary N) is 3. The second-order valence-electron chi connectivity index (χ2n) is 5.38. The van der Waals surface area contributed by atoms with Crippen LogP contribution in [0.1, 0.15) is 12.0 Å². The topological polar surface area (TPSA) is 100 Å².